The summed E-state index contributed by atoms with van der Waals surface area (Å²) in [5.41, 5.74) is -1.43. The van der Waals surface area contributed by atoms with Gasteiger partial charge in [-0.15, -0.1) is 0 Å². The number of carboxylic acid groups (broad SMARTS) is 1. The van der Waals surface area contributed by atoms with E-state index in [-0.39, 0.29) is 11.1 Å². The lowest BCUT2D eigenvalue weighted by Crippen LogP contribution is -2.18. The third kappa shape index (κ3) is 1.51. The van der Waals surface area contributed by atoms with E-state index in [9.17, 15) is 23.1 Å². The van der Waals surface area contributed by atoms with Gasteiger partial charge in [-0.2, -0.15) is 13.2 Å². The minimum Gasteiger partial charge on any atom is -0.507 e. The van der Waals surface area contributed by atoms with Crippen molar-refractivity contribution >= 4 is 5.97 Å². The number of alkyl halides is 3. The van der Waals surface area contributed by atoms with E-state index in [1.165, 1.54) is 6.07 Å². The van der Waals surface area contributed by atoms with E-state index in [0.29, 0.717) is 11.1 Å². The van der Waals surface area contributed by atoms with Gasteiger partial charge in [0.15, 0.2) is 0 Å². The highest BCUT2D eigenvalue weighted by Crippen LogP contribution is 2.55. The Bertz CT molecular complexity index is 748. The summed E-state index contributed by atoms with van der Waals surface area (Å²) in [4.78, 5) is 11.0. The largest absolute Gasteiger partial charge is 0.507 e. The van der Waals surface area contributed by atoms with Crippen molar-refractivity contribution in [3.05, 3.63) is 41.5 Å². The number of halogens is 3. The van der Waals surface area contributed by atoms with Crippen molar-refractivity contribution in [3.63, 3.8) is 0 Å². The zero-order valence-corrected chi connectivity index (χ0v) is 9.82. The first-order valence-corrected chi connectivity index (χ1v) is 5.62. The predicted molar refractivity (Wildman–Crippen MR) is 64.5 cm³/mol. The second-order valence-electron chi connectivity index (χ2n) is 4.42. The number of carboxylic acids is 1. The fraction of sp³-hybridized carbons (Fsp3) is 0.0714. The molecule has 0 aromatic heterocycles. The van der Waals surface area contributed by atoms with E-state index < -0.39 is 29.0 Å². The van der Waals surface area contributed by atoms with Gasteiger partial charge in [0.1, 0.15) is 11.3 Å². The van der Waals surface area contributed by atoms with Gasteiger partial charge < -0.3 is 10.2 Å². The van der Waals surface area contributed by atoms with Crippen molar-refractivity contribution in [2.24, 2.45) is 0 Å². The number of carbonyl (C=O) groups is 1. The Morgan fingerprint density at radius 1 is 1.05 bits per heavy atom. The van der Waals surface area contributed by atoms with Crippen molar-refractivity contribution in [1.29, 1.82) is 0 Å². The molecule has 0 amide bonds. The summed E-state index contributed by atoms with van der Waals surface area (Å²) in [5.74, 6) is -2.68. The Balaban J connectivity index is 2.40. The molecule has 20 heavy (non-hydrogen) atoms. The Morgan fingerprint density at radius 3 is 2.20 bits per heavy atom. The van der Waals surface area contributed by atoms with E-state index in [1.54, 1.807) is 18.2 Å². The Morgan fingerprint density at radius 2 is 1.65 bits per heavy atom. The highest BCUT2D eigenvalue weighted by molar-refractivity contribution is 6.08. The molecule has 2 aromatic carbocycles. The van der Waals surface area contributed by atoms with Crippen molar-refractivity contribution < 1.29 is 28.2 Å². The Labute approximate surface area is 110 Å². The van der Waals surface area contributed by atoms with Gasteiger partial charge in [0.25, 0.3) is 0 Å². The molecule has 1 aliphatic carbocycles. The average molecular weight is 280 g/mol. The molecule has 6 heteroatoms. The van der Waals surface area contributed by atoms with Crippen LogP contribution in [-0.4, -0.2) is 16.2 Å². The number of rotatable bonds is 1. The first-order chi connectivity index (χ1) is 9.32. The first kappa shape index (κ1) is 12.5. The molecule has 0 saturated carbocycles. The van der Waals surface area contributed by atoms with Gasteiger partial charge in [-0.3, -0.25) is 0 Å². The lowest BCUT2D eigenvalue weighted by molar-refractivity contribution is -0.137. The minimum atomic E-state index is -4.86. The molecule has 0 saturated heterocycles. The number of aromatic hydroxyl groups is 1. The molecule has 102 valence electrons. The molecule has 0 bridgehead atoms. The van der Waals surface area contributed by atoms with Gasteiger partial charge in [-0.05, 0) is 22.8 Å². The summed E-state index contributed by atoms with van der Waals surface area (Å²) in [7, 11) is 0. The van der Waals surface area contributed by atoms with Crippen LogP contribution >= 0.6 is 0 Å². The van der Waals surface area contributed by atoms with Gasteiger partial charge >= 0.3 is 12.1 Å². The smallest absolute Gasteiger partial charge is 0.418 e. The van der Waals surface area contributed by atoms with Crippen LogP contribution in [-0.2, 0) is 6.18 Å². The van der Waals surface area contributed by atoms with Crippen LogP contribution in [0.15, 0.2) is 30.3 Å². The summed E-state index contributed by atoms with van der Waals surface area (Å²) >= 11 is 0. The minimum absolute atomic E-state index is 0.164. The topological polar surface area (TPSA) is 57.5 Å². The molecule has 2 aromatic rings. The monoisotopic (exact) mass is 280 g/mol. The zero-order chi connectivity index (χ0) is 14.7. The summed E-state index contributed by atoms with van der Waals surface area (Å²) in [5, 5.41) is 18.5. The number of phenols is 1. The van der Waals surface area contributed by atoms with Crippen LogP contribution in [0, 0.1) is 0 Å². The quantitative estimate of drug-likeness (QED) is 0.713. The van der Waals surface area contributed by atoms with Gasteiger partial charge in [-0.1, -0.05) is 24.3 Å². The second kappa shape index (κ2) is 3.75. The maximum atomic E-state index is 13.2. The average Bonchev–Trinajstić information content (AvgIpc) is 2.34. The number of fused-ring (bicyclic) bond motifs is 4. The van der Waals surface area contributed by atoms with Crippen molar-refractivity contribution in [2.75, 3.05) is 0 Å². The number of benzene rings is 2. The second-order valence-corrected chi connectivity index (χ2v) is 4.42. The van der Waals surface area contributed by atoms with E-state index >= 15 is 0 Å². The molecule has 3 rings (SSSR count). The molecule has 0 heterocycles. The third-order valence-corrected chi connectivity index (χ3v) is 3.29. The normalized spacial score (nSPS) is 12.3. The van der Waals surface area contributed by atoms with Crippen LogP contribution < -0.4 is 0 Å². The lowest BCUT2D eigenvalue weighted by Gasteiger charge is -2.29. The summed E-state index contributed by atoms with van der Waals surface area (Å²) < 4.78 is 39.5. The zero-order valence-electron chi connectivity index (χ0n) is 9.82. The molecule has 2 N–H and O–H groups in total. The molecule has 1 aliphatic rings. The fourth-order valence-corrected chi connectivity index (χ4v) is 2.53. The molecule has 0 spiro atoms. The maximum Gasteiger partial charge on any atom is 0.418 e. The molecule has 0 fully saturated rings. The highest BCUT2D eigenvalue weighted by atomic mass is 19.4. The number of hydrogen-bond donors (Lipinski definition) is 2. The Hall–Kier alpha value is -2.50. The summed E-state index contributed by atoms with van der Waals surface area (Å²) in [6.45, 7) is 0. The van der Waals surface area contributed by atoms with Gasteiger partial charge in [-0.25, -0.2) is 4.79 Å². The van der Waals surface area contributed by atoms with Crippen molar-refractivity contribution in [1.82, 2.24) is 0 Å². The summed E-state index contributed by atoms with van der Waals surface area (Å²) in [6.07, 6.45) is -4.86. The summed E-state index contributed by atoms with van der Waals surface area (Å²) in [6, 6.07) is 7.43. The maximum absolute atomic E-state index is 13.2. The third-order valence-electron chi connectivity index (χ3n) is 3.29. The first-order valence-electron chi connectivity index (χ1n) is 5.62. The molecule has 0 unspecified atom stereocenters. The van der Waals surface area contributed by atoms with Crippen molar-refractivity contribution in [3.8, 4) is 28.0 Å². The standard InChI is InChI=1S/C14H7F3O3/c15-14(16,17)12-10-7-4-2-1-3-6(7)8(10)5-9(18)11(12)13(19)20/h1-5,18H,(H,19,20). The molecular weight excluding hydrogens is 273 g/mol. The predicted octanol–water partition coefficient (Wildman–Crippen LogP) is 3.76. The fourth-order valence-electron chi connectivity index (χ4n) is 2.53. The molecule has 0 atom stereocenters. The van der Waals surface area contributed by atoms with E-state index in [2.05, 4.69) is 0 Å². The van der Waals surface area contributed by atoms with E-state index in [0.717, 1.165) is 6.07 Å². The van der Waals surface area contributed by atoms with Crippen LogP contribution in [0.1, 0.15) is 15.9 Å². The highest BCUT2D eigenvalue weighted by Gasteiger charge is 2.44. The Kier molecular flexibility index (Phi) is 2.35. The van der Waals surface area contributed by atoms with Crippen molar-refractivity contribution in [2.45, 2.75) is 6.18 Å². The van der Waals surface area contributed by atoms with E-state index in [1.807, 2.05) is 0 Å². The van der Waals surface area contributed by atoms with E-state index in [4.69, 9.17) is 5.11 Å². The molecular formula is C14H7F3O3. The number of aromatic carboxylic acids is 1. The lowest BCUT2D eigenvalue weighted by atomic mass is 9.76. The van der Waals surface area contributed by atoms with Gasteiger partial charge in [0, 0.05) is 5.56 Å². The van der Waals surface area contributed by atoms with Crippen LogP contribution in [0.3, 0.4) is 0 Å². The van der Waals surface area contributed by atoms with Crippen LogP contribution in [0.25, 0.3) is 22.3 Å². The molecule has 0 radical (unpaired) electrons. The van der Waals surface area contributed by atoms with Crippen LogP contribution in [0.2, 0.25) is 0 Å². The van der Waals surface area contributed by atoms with Gasteiger partial charge in [0.2, 0.25) is 0 Å². The SMILES string of the molecule is O=C(O)c1c(O)cc2c(c1C(F)(F)F)-c1ccccc1-2. The van der Waals surface area contributed by atoms with Crippen LogP contribution in [0.4, 0.5) is 13.2 Å². The van der Waals surface area contributed by atoms with Gasteiger partial charge in [0.05, 0.1) is 5.56 Å². The van der Waals surface area contributed by atoms with Crippen LogP contribution in [0.5, 0.6) is 5.75 Å². The molecule has 3 nitrogen and oxygen atoms in total. The number of hydrogen-bond acceptors (Lipinski definition) is 2. The molecule has 0 aliphatic heterocycles.